The first kappa shape index (κ1) is 17.4. The van der Waals surface area contributed by atoms with Gasteiger partial charge < -0.3 is 9.47 Å². The number of aliphatic imine (C=N–C) groups is 1. The largest absolute Gasteiger partial charge is 0.343 e. The molecule has 0 bridgehead atoms. The highest BCUT2D eigenvalue weighted by Crippen LogP contribution is 2.36. The van der Waals surface area contributed by atoms with Gasteiger partial charge in [-0.2, -0.15) is 0 Å². The van der Waals surface area contributed by atoms with Crippen LogP contribution in [-0.4, -0.2) is 41.7 Å². The molecule has 0 aromatic heterocycles. The van der Waals surface area contributed by atoms with Gasteiger partial charge in [-0.1, -0.05) is 60.7 Å². The van der Waals surface area contributed by atoms with E-state index in [1.807, 2.05) is 19.9 Å². The van der Waals surface area contributed by atoms with E-state index in [2.05, 4.69) is 65.7 Å². The van der Waals surface area contributed by atoms with E-state index < -0.39 is 5.79 Å². The monoisotopic (exact) mass is 350 g/mol. The number of nitrogens with zero attached hydrogens (tertiary/aromatic N) is 2. The maximum Gasteiger partial charge on any atom is 0.163 e. The lowest BCUT2D eigenvalue weighted by Gasteiger charge is -2.27. The lowest BCUT2D eigenvalue weighted by molar-refractivity contribution is -0.158. The number of hydrogen-bond acceptors (Lipinski definition) is 4. The molecule has 0 amide bonds. The number of likely N-dealkylation sites (tertiary alicyclic amines) is 1. The first-order chi connectivity index (χ1) is 12.6. The highest BCUT2D eigenvalue weighted by Gasteiger charge is 2.51. The molecule has 2 saturated heterocycles. The molecule has 26 heavy (non-hydrogen) atoms. The first-order valence-electron chi connectivity index (χ1n) is 9.28. The molecule has 3 atom stereocenters. The standard InChI is InChI=1S/C22H26N2O2/c1-22(2)25-20-16-24(15-18-11-7-4-8-12-18)19(21(20)26-22)14-23-13-17-9-5-3-6-10-17/h3-12,14,19-21H,13,15-16H2,1-2H3/t19-,20-,21+/m1/s1. The minimum Gasteiger partial charge on any atom is -0.343 e. The van der Waals surface area contributed by atoms with Crippen molar-refractivity contribution in [3.05, 3.63) is 71.8 Å². The van der Waals surface area contributed by atoms with Gasteiger partial charge in [0.05, 0.1) is 12.6 Å². The van der Waals surface area contributed by atoms with Crippen molar-refractivity contribution in [2.45, 2.75) is 51.0 Å². The predicted octanol–water partition coefficient (Wildman–Crippen LogP) is 3.66. The molecule has 0 unspecified atom stereocenters. The summed E-state index contributed by atoms with van der Waals surface area (Å²) < 4.78 is 12.3. The smallest absolute Gasteiger partial charge is 0.163 e. The van der Waals surface area contributed by atoms with Crippen molar-refractivity contribution in [2.75, 3.05) is 6.54 Å². The Bertz CT molecular complexity index is 745. The Balaban J connectivity index is 1.50. The Morgan fingerprint density at radius 2 is 1.65 bits per heavy atom. The van der Waals surface area contributed by atoms with Crippen LogP contribution in [0.3, 0.4) is 0 Å². The van der Waals surface area contributed by atoms with Gasteiger partial charge in [-0.15, -0.1) is 0 Å². The summed E-state index contributed by atoms with van der Waals surface area (Å²) in [5.41, 5.74) is 2.52. The summed E-state index contributed by atoms with van der Waals surface area (Å²) >= 11 is 0. The van der Waals surface area contributed by atoms with Crippen molar-refractivity contribution in [3.63, 3.8) is 0 Å². The topological polar surface area (TPSA) is 34.1 Å². The summed E-state index contributed by atoms with van der Waals surface area (Å²) in [5, 5.41) is 0. The number of ether oxygens (including phenoxy) is 2. The molecule has 2 aromatic rings. The van der Waals surface area contributed by atoms with E-state index in [9.17, 15) is 0 Å². The second-order valence-corrected chi connectivity index (χ2v) is 7.52. The molecule has 4 heteroatoms. The second-order valence-electron chi connectivity index (χ2n) is 7.52. The highest BCUT2D eigenvalue weighted by atomic mass is 16.8. The third-order valence-corrected chi connectivity index (χ3v) is 5.00. The highest BCUT2D eigenvalue weighted by molar-refractivity contribution is 5.66. The van der Waals surface area contributed by atoms with Crippen LogP contribution in [-0.2, 0) is 22.6 Å². The van der Waals surface area contributed by atoms with Gasteiger partial charge in [-0.3, -0.25) is 9.89 Å². The maximum atomic E-state index is 6.20. The average molecular weight is 350 g/mol. The number of fused-ring (bicyclic) bond motifs is 1. The van der Waals surface area contributed by atoms with E-state index in [1.54, 1.807) is 0 Å². The Labute approximate surface area is 155 Å². The quantitative estimate of drug-likeness (QED) is 0.772. The molecule has 0 radical (unpaired) electrons. The molecule has 0 aliphatic carbocycles. The van der Waals surface area contributed by atoms with E-state index in [1.165, 1.54) is 11.1 Å². The van der Waals surface area contributed by atoms with Crippen molar-refractivity contribution in [1.29, 1.82) is 0 Å². The van der Waals surface area contributed by atoms with Gasteiger partial charge in [-0.05, 0) is 25.0 Å². The molecule has 4 nitrogen and oxygen atoms in total. The van der Waals surface area contributed by atoms with Crippen molar-refractivity contribution < 1.29 is 9.47 Å². The van der Waals surface area contributed by atoms with E-state index in [4.69, 9.17) is 14.5 Å². The van der Waals surface area contributed by atoms with Gasteiger partial charge in [0.15, 0.2) is 5.79 Å². The summed E-state index contributed by atoms with van der Waals surface area (Å²) in [4.78, 5) is 7.13. The van der Waals surface area contributed by atoms with Crippen LogP contribution in [0.1, 0.15) is 25.0 Å². The van der Waals surface area contributed by atoms with Crippen molar-refractivity contribution in [2.24, 2.45) is 4.99 Å². The van der Waals surface area contributed by atoms with Crippen molar-refractivity contribution >= 4 is 6.21 Å². The third-order valence-electron chi connectivity index (χ3n) is 5.00. The molecule has 2 fully saturated rings. The number of benzene rings is 2. The third kappa shape index (κ3) is 3.88. The van der Waals surface area contributed by atoms with Crippen LogP contribution >= 0.6 is 0 Å². The summed E-state index contributed by atoms with van der Waals surface area (Å²) in [6.07, 6.45) is 2.20. The summed E-state index contributed by atoms with van der Waals surface area (Å²) in [5.74, 6) is -0.514. The van der Waals surface area contributed by atoms with Crippen LogP contribution in [0, 0.1) is 0 Å². The first-order valence-corrected chi connectivity index (χ1v) is 9.28. The Morgan fingerprint density at radius 1 is 1.00 bits per heavy atom. The van der Waals surface area contributed by atoms with Gasteiger partial charge in [0.1, 0.15) is 12.2 Å². The molecule has 136 valence electrons. The molecule has 0 saturated carbocycles. The van der Waals surface area contributed by atoms with Crippen molar-refractivity contribution in [3.8, 4) is 0 Å². The lowest BCUT2D eigenvalue weighted by Crippen LogP contribution is -2.39. The van der Waals surface area contributed by atoms with Crippen LogP contribution < -0.4 is 0 Å². The Kier molecular flexibility index (Phi) is 4.90. The SMILES string of the molecule is CC1(C)O[C@H]2[C@@H](C=NCc3ccccc3)N(Cc3ccccc3)C[C@H]2O1. The molecule has 2 heterocycles. The van der Waals surface area contributed by atoms with E-state index >= 15 is 0 Å². The van der Waals surface area contributed by atoms with E-state index in [0.717, 1.165) is 13.1 Å². The van der Waals surface area contributed by atoms with Gasteiger partial charge >= 0.3 is 0 Å². The zero-order valence-corrected chi connectivity index (χ0v) is 15.4. The Hall–Kier alpha value is -2.01. The van der Waals surface area contributed by atoms with E-state index in [0.29, 0.717) is 6.54 Å². The lowest BCUT2D eigenvalue weighted by atomic mass is 10.1. The second kappa shape index (κ2) is 7.31. The molecule has 0 spiro atoms. The summed E-state index contributed by atoms with van der Waals surface area (Å²) in [6, 6.07) is 21.0. The fourth-order valence-electron chi connectivity index (χ4n) is 3.87. The van der Waals surface area contributed by atoms with Gasteiger partial charge in [0, 0.05) is 19.3 Å². The predicted molar refractivity (Wildman–Crippen MR) is 103 cm³/mol. The number of hydrogen-bond donors (Lipinski definition) is 0. The minimum absolute atomic E-state index is 0.0354. The number of rotatable bonds is 5. The molecular weight excluding hydrogens is 324 g/mol. The summed E-state index contributed by atoms with van der Waals surface area (Å²) in [7, 11) is 0. The Morgan fingerprint density at radius 3 is 2.35 bits per heavy atom. The van der Waals surface area contributed by atoms with Gasteiger partial charge in [0.25, 0.3) is 0 Å². The fraction of sp³-hybridized carbons (Fsp3) is 0.409. The summed E-state index contributed by atoms with van der Waals surface area (Å²) in [6.45, 7) is 6.42. The van der Waals surface area contributed by atoms with Crippen LogP contribution in [0.5, 0.6) is 0 Å². The normalized spacial score (nSPS) is 27.8. The van der Waals surface area contributed by atoms with Crippen molar-refractivity contribution in [1.82, 2.24) is 4.90 Å². The molecule has 0 N–H and O–H groups in total. The van der Waals surface area contributed by atoms with Crippen LogP contribution in [0.4, 0.5) is 0 Å². The minimum atomic E-state index is -0.514. The maximum absolute atomic E-state index is 6.20. The fourth-order valence-corrected chi connectivity index (χ4v) is 3.87. The zero-order valence-electron chi connectivity index (χ0n) is 15.4. The zero-order chi connectivity index (χ0) is 18.0. The molecule has 2 aromatic carbocycles. The van der Waals surface area contributed by atoms with Crippen LogP contribution in [0.15, 0.2) is 65.7 Å². The van der Waals surface area contributed by atoms with Crippen LogP contribution in [0.2, 0.25) is 0 Å². The molecule has 2 aliphatic rings. The average Bonchev–Trinajstić information content (AvgIpc) is 3.09. The van der Waals surface area contributed by atoms with Gasteiger partial charge in [0.2, 0.25) is 0 Å². The van der Waals surface area contributed by atoms with E-state index in [-0.39, 0.29) is 18.2 Å². The van der Waals surface area contributed by atoms with Crippen LogP contribution in [0.25, 0.3) is 0 Å². The molecule has 2 aliphatic heterocycles. The molecular formula is C22H26N2O2. The molecule has 4 rings (SSSR count). The van der Waals surface area contributed by atoms with Gasteiger partial charge in [-0.25, -0.2) is 0 Å².